The number of carbonyl (C=O) groups excluding carboxylic acids is 1. The zero-order chi connectivity index (χ0) is 21.1. The van der Waals surface area contributed by atoms with E-state index in [9.17, 15) is 9.59 Å². The zero-order valence-electron chi connectivity index (χ0n) is 18.2. The Morgan fingerprint density at radius 2 is 1.69 bits per heavy atom. The van der Waals surface area contributed by atoms with Gasteiger partial charge in [0, 0.05) is 25.0 Å². The molecule has 0 saturated carbocycles. The maximum absolute atomic E-state index is 12.8. The van der Waals surface area contributed by atoms with Crippen LogP contribution < -0.4 is 5.69 Å². The summed E-state index contributed by atoms with van der Waals surface area (Å²) in [5.41, 5.74) is 0.732. The fraction of sp³-hybridized carbons (Fsp3) is 0.591. The molecule has 158 valence electrons. The fourth-order valence-corrected chi connectivity index (χ4v) is 4.36. The van der Waals surface area contributed by atoms with Crippen molar-refractivity contribution in [2.75, 3.05) is 19.6 Å². The Hall–Kier alpha value is -2.41. The summed E-state index contributed by atoms with van der Waals surface area (Å²) in [5.74, 6) is 1.22. The van der Waals surface area contributed by atoms with Crippen LogP contribution in [0.25, 0.3) is 5.69 Å². The lowest BCUT2D eigenvalue weighted by molar-refractivity contribution is -0.136. The van der Waals surface area contributed by atoms with E-state index < -0.39 is 0 Å². The minimum atomic E-state index is -0.117. The van der Waals surface area contributed by atoms with E-state index in [4.69, 9.17) is 0 Å². The standard InChI is InChI=1S/C22H33N5O2/c1-16(2)26(17(3)4)20(28)15-25-13-11-18(12-14-25)21-23-24(5)22(29)27(21)19-9-7-6-8-10-19/h6-10,16-18H,11-15H2,1-5H3. The summed E-state index contributed by atoms with van der Waals surface area (Å²) < 4.78 is 3.14. The molecule has 0 radical (unpaired) electrons. The van der Waals surface area contributed by atoms with Crippen molar-refractivity contribution >= 4 is 5.91 Å². The van der Waals surface area contributed by atoms with Crippen LogP contribution in [0.1, 0.15) is 52.3 Å². The molecule has 1 saturated heterocycles. The van der Waals surface area contributed by atoms with Gasteiger partial charge in [0.2, 0.25) is 5.91 Å². The maximum Gasteiger partial charge on any atom is 0.350 e. The van der Waals surface area contributed by atoms with Gasteiger partial charge < -0.3 is 4.90 Å². The molecule has 0 aliphatic carbocycles. The molecule has 0 atom stereocenters. The van der Waals surface area contributed by atoms with Gasteiger partial charge in [0.1, 0.15) is 5.82 Å². The molecule has 1 aliphatic heterocycles. The van der Waals surface area contributed by atoms with Crippen molar-refractivity contribution in [2.24, 2.45) is 7.05 Å². The van der Waals surface area contributed by atoms with Crippen LogP contribution in [0.5, 0.6) is 0 Å². The SMILES string of the molecule is CC(C)N(C(=O)CN1CCC(c2nn(C)c(=O)n2-c2ccccc2)CC1)C(C)C. The Morgan fingerprint density at radius 3 is 2.24 bits per heavy atom. The van der Waals surface area contributed by atoms with Crippen LogP contribution in [0, 0.1) is 0 Å². The second-order valence-electron chi connectivity index (χ2n) is 8.47. The number of benzene rings is 1. The van der Waals surface area contributed by atoms with Gasteiger partial charge in [-0.05, 0) is 65.8 Å². The van der Waals surface area contributed by atoms with Gasteiger partial charge in [0.05, 0.1) is 12.2 Å². The third kappa shape index (κ3) is 4.61. The highest BCUT2D eigenvalue weighted by Crippen LogP contribution is 2.27. The second-order valence-corrected chi connectivity index (χ2v) is 8.47. The molecule has 0 unspecified atom stereocenters. The second kappa shape index (κ2) is 8.95. The number of para-hydroxylation sites is 1. The van der Waals surface area contributed by atoms with Gasteiger partial charge in [-0.3, -0.25) is 9.69 Å². The minimum absolute atomic E-state index is 0.117. The molecule has 1 amide bonds. The Balaban J connectivity index is 1.70. The Kier molecular flexibility index (Phi) is 6.57. The zero-order valence-corrected chi connectivity index (χ0v) is 18.2. The van der Waals surface area contributed by atoms with Crippen molar-refractivity contribution in [1.29, 1.82) is 0 Å². The van der Waals surface area contributed by atoms with Crippen LogP contribution >= 0.6 is 0 Å². The molecule has 0 spiro atoms. The van der Waals surface area contributed by atoms with E-state index in [1.54, 1.807) is 11.6 Å². The normalized spacial score (nSPS) is 16.0. The van der Waals surface area contributed by atoms with Gasteiger partial charge in [-0.15, -0.1) is 0 Å². The summed E-state index contributed by atoms with van der Waals surface area (Å²) in [4.78, 5) is 29.6. The van der Waals surface area contributed by atoms with Crippen LogP contribution in [-0.2, 0) is 11.8 Å². The highest BCUT2D eigenvalue weighted by molar-refractivity contribution is 5.78. The number of amides is 1. The van der Waals surface area contributed by atoms with Crippen molar-refractivity contribution in [3.63, 3.8) is 0 Å². The number of carbonyl (C=O) groups is 1. The average molecular weight is 400 g/mol. The van der Waals surface area contributed by atoms with E-state index in [-0.39, 0.29) is 29.6 Å². The first-order valence-corrected chi connectivity index (χ1v) is 10.5. The quantitative estimate of drug-likeness (QED) is 0.748. The first-order valence-electron chi connectivity index (χ1n) is 10.5. The molecule has 7 heteroatoms. The van der Waals surface area contributed by atoms with Crippen LogP contribution in [0.3, 0.4) is 0 Å². The molecule has 2 heterocycles. The predicted molar refractivity (Wildman–Crippen MR) is 114 cm³/mol. The van der Waals surface area contributed by atoms with E-state index in [1.165, 1.54) is 4.68 Å². The van der Waals surface area contributed by atoms with Gasteiger partial charge in [-0.25, -0.2) is 14.0 Å². The third-order valence-corrected chi connectivity index (χ3v) is 5.68. The first-order chi connectivity index (χ1) is 13.8. The van der Waals surface area contributed by atoms with Crippen molar-refractivity contribution in [1.82, 2.24) is 24.1 Å². The number of nitrogens with zero attached hydrogens (tertiary/aromatic N) is 5. The molecule has 3 rings (SSSR count). The molecular formula is C22H33N5O2. The molecule has 29 heavy (non-hydrogen) atoms. The molecule has 1 aliphatic rings. The lowest BCUT2D eigenvalue weighted by atomic mass is 9.95. The number of hydrogen-bond acceptors (Lipinski definition) is 4. The monoisotopic (exact) mass is 399 g/mol. The van der Waals surface area contributed by atoms with Crippen LogP contribution in [-0.4, -0.2) is 61.8 Å². The Morgan fingerprint density at radius 1 is 1.10 bits per heavy atom. The van der Waals surface area contributed by atoms with Gasteiger partial charge in [-0.1, -0.05) is 18.2 Å². The molecule has 1 aromatic carbocycles. The van der Waals surface area contributed by atoms with Crippen molar-refractivity contribution < 1.29 is 4.79 Å². The topological polar surface area (TPSA) is 63.4 Å². The molecule has 1 fully saturated rings. The van der Waals surface area contributed by atoms with Crippen molar-refractivity contribution in [2.45, 2.75) is 58.5 Å². The van der Waals surface area contributed by atoms with Gasteiger partial charge >= 0.3 is 5.69 Å². The highest BCUT2D eigenvalue weighted by Gasteiger charge is 2.29. The highest BCUT2D eigenvalue weighted by atomic mass is 16.2. The van der Waals surface area contributed by atoms with Gasteiger partial charge in [0.25, 0.3) is 0 Å². The molecule has 0 bridgehead atoms. The number of hydrogen-bond donors (Lipinski definition) is 0. The fourth-order valence-electron chi connectivity index (χ4n) is 4.36. The largest absolute Gasteiger partial charge is 0.350 e. The molecule has 0 N–H and O–H groups in total. The smallest absolute Gasteiger partial charge is 0.337 e. The lowest BCUT2D eigenvalue weighted by Crippen LogP contribution is -2.48. The third-order valence-electron chi connectivity index (χ3n) is 5.68. The number of likely N-dealkylation sites (tertiary alicyclic amines) is 1. The van der Waals surface area contributed by atoms with Crippen LogP contribution in [0.4, 0.5) is 0 Å². The summed E-state index contributed by atoms with van der Waals surface area (Å²) in [6.45, 7) is 10.4. The molecule has 2 aromatic rings. The number of aromatic nitrogens is 3. The van der Waals surface area contributed by atoms with Crippen molar-refractivity contribution in [3.8, 4) is 5.69 Å². The maximum atomic E-state index is 12.8. The summed E-state index contributed by atoms with van der Waals surface area (Å²) in [6, 6.07) is 10.1. The Labute approximate surface area is 172 Å². The van der Waals surface area contributed by atoms with E-state index in [1.807, 2.05) is 35.2 Å². The predicted octanol–water partition coefficient (Wildman–Crippen LogP) is 2.40. The van der Waals surface area contributed by atoms with Gasteiger partial charge in [-0.2, -0.15) is 5.10 Å². The number of aryl methyl sites for hydroxylation is 1. The summed E-state index contributed by atoms with van der Waals surface area (Å²) >= 11 is 0. The van der Waals surface area contributed by atoms with Crippen LogP contribution in [0.2, 0.25) is 0 Å². The van der Waals surface area contributed by atoms with E-state index >= 15 is 0 Å². The summed E-state index contributed by atoms with van der Waals surface area (Å²) in [6.07, 6.45) is 1.78. The Bertz CT molecular complexity index is 868. The number of piperidine rings is 1. The molecule has 1 aromatic heterocycles. The minimum Gasteiger partial charge on any atom is -0.337 e. The molecule has 7 nitrogen and oxygen atoms in total. The number of rotatable bonds is 6. The summed E-state index contributed by atoms with van der Waals surface area (Å²) in [5, 5.41) is 4.54. The van der Waals surface area contributed by atoms with E-state index in [2.05, 4.69) is 37.7 Å². The summed E-state index contributed by atoms with van der Waals surface area (Å²) in [7, 11) is 1.70. The van der Waals surface area contributed by atoms with E-state index in [0.29, 0.717) is 6.54 Å². The van der Waals surface area contributed by atoms with Crippen molar-refractivity contribution in [3.05, 3.63) is 46.6 Å². The average Bonchev–Trinajstić information content (AvgIpc) is 2.97. The van der Waals surface area contributed by atoms with E-state index in [0.717, 1.165) is 37.4 Å². The van der Waals surface area contributed by atoms with Crippen LogP contribution in [0.15, 0.2) is 35.1 Å². The molecular weight excluding hydrogens is 366 g/mol. The first kappa shape index (κ1) is 21.3. The lowest BCUT2D eigenvalue weighted by Gasteiger charge is -2.35. The van der Waals surface area contributed by atoms with Gasteiger partial charge in [0.15, 0.2) is 0 Å².